The molecule has 1 aromatic rings. The van der Waals surface area contributed by atoms with Crippen LogP contribution in [0.5, 0.6) is 0 Å². The van der Waals surface area contributed by atoms with E-state index in [0.29, 0.717) is 12.0 Å². The smallest absolute Gasteiger partial charge is 0.175 e. The predicted molar refractivity (Wildman–Crippen MR) is 79.3 cm³/mol. The molecule has 6 heteroatoms. The van der Waals surface area contributed by atoms with E-state index in [4.69, 9.17) is 0 Å². The van der Waals surface area contributed by atoms with Gasteiger partial charge in [-0.3, -0.25) is 0 Å². The third-order valence-electron chi connectivity index (χ3n) is 2.41. The molecule has 0 saturated heterocycles. The zero-order chi connectivity index (χ0) is 12.7. The van der Waals surface area contributed by atoms with Crippen LogP contribution in [0.15, 0.2) is 8.68 Å². The first-order valence-corrected chi connectivity index (χ1v) is 8.93. The minimum Gasteiger partial charge on any atom is -0.313 e. The van der Waals surface area contributed by atoms with E-state index in [-0.39, 0.29) is 0 Å². The lowest BCUT2D eigenvalue weighted by atomic mass is 10.1. The Morgan fingerprint density at radius 1 is 1.29 bits per heavy atom. The Morgan fingerprint density at radius 3 is 2.53 bits per heavy atom. The van der Waals surface area contributed by atoms with Gasteiger partial charge in [0.05, 0.1) is 0 Å². The normalized spacial score (nSPS) is 13.2. The number of thioether (sulfide) groups is 2. The molecule has 1 unspecified atom stereocenters. The van der Waals surface area contributed by atoms with Crippen LogP contribution in [0.2, 0.25) is 0 Å². The van der Waals surface area contributed by atoms with Crippen molar-refractivity contribution < 1.29 is 0 Å². The number of hydrogen-bond acceptors (Lipinski definition) is 6. The van der Waals surface area contributed by atoms with Gasteiger partial charge in [-0.15, -0.1) is 10.2 Å². The van der Waals surface area contributed by atoms with Crippen LogP contribution in [0.3, 0.4) is 0 Å². The second kappa shape index (κ2) is 8.34. The van der Waals surface area contributed by atoms with E-state index in [1.807, 2.05) is 18.0 Å². The molecule has 1 N–H and O–H groups in total. The molecule has 1 aromatic heterocycles. The molecule has 0 saturated carbocycles. The first-order chi connectivity index (χ1) is 8.17. The summed E-state index contributed by atoms with van der Waals surface area (Å²) in [4.78, 5) is 0. The van der Waals surface area contributed by atoms with Crippen molar-refractivity contribution in [2.45, 2.75) is 41.9 Å². The largest absolute Gasteiger partial charge is 0.313 e. The Labute approximate surface area is 117 Å². The van der Waals surface area contributed by atoms with Crippen molar-refractivity contribution >= 4 is 34.9 Å². The highest BCUT2D eigenvalue weighted by molar-refractivity contribution is 8.03. The lowest BCUT2D eigenvalue weighted by molar-refractivity contribution is 0.434. The number of aromatic nitrogens is 2. The van der Waals surface area contributed by atoms with Crippen molar-refractivity contribution in [3.8, 4) is 0 Å². The molecule has 1 heterocycles. The minimum atomic E-state index is 0.557. The van der Waals surface area contributed by atoms with E-state index in [0.717, 1.165) is 21.0 Å². The third-order valence-corrected chi connectivity index (χ3v) is 5.56. The molecule has 1 rings (SSSR count). The Balaban J connectivity index is 2.40. The lowest BCUT2D eigenvalue weighted by Crippen LogP contribution is -2.36. The summed E-state index contributed by atoms with van der Waals surface area (Å²) in [5.41, 5.74) is 0. The number of nitrogens with zero attached hydrogens (tertiary/aromatic N) is 2. The lowest BCUT2D eigenvalue weighted by Gasteiger charge is -2.21. The summed E-state index contributed by atoms with van der Waals surface area (Å²) < 4.78 is 2.13. The summed E-state index contributed by atoms with van der Waals surface area (Å²) >= 11 is 5.16. The van der Waals surface area contributed by atoms with Crippen LogP contribution in [-0.2, 0) is 0 Å². The molecule has 0 fully saturated rings. The van der Waals surface area contributed by atoms with E-state index in [1.54, 1.807) is 23.1 Å². The topological polar surface area (TPSA) is 37.8 Å². The van der Waals surface area contributed by atoms with Gasteiger partial charge in [-0.2, -0.15) is 0 Å². The molecule has 98 valence electrons. The standard InChI is InChI=1S/C11H21N3S3/c1-5-6-12-9(8(2)3)7-16-11-14-13-10(15-4)17-11/h8-9,12H,5-7H2,1-4H3. The Morgan fingerprint density at radius 2 is 2.00 bits per heavy atom. The predicted octanol–water partition coefficient (Wildman–Crippen LogP) is 3.38. The highest BCUT2D eigenvalue weighted by Gasteiger charge is 2.14. The first-order valence-electron chi connectivity index (χ1n) is 5.91. The molecule has 0 spiro atoms. The van der Waals surface area contributed by atoms with Crippen LogP contribution in [0, 0.1) is 5.92 Å². The van der Waals surface area contributed by atoms with Crippen molar-refractivity contribution in [1.82, 2.24) is 15.5 Å². The zero-order valence-electron chi connectivity index (χ0n) is 10.9. The third kappa shape index (κ3) is 5.59. The summed E-state index contributed by atoms with van der Waals surface area (Å²) in [5.74, 6) is 1.72. The molecule has 1 atom stereocenters. The quantitative estimate of drug-likeness (QED) is 0.743. The van der Waals surface area contributed by atoms with Crippen molar-refractivity contribution in [2.75, 3.05) is 18.6 Å². The Hall–Kier alpha value is 0.220. The molecule has 0 radical (unpaired) electrons. The van der Waals surface area contributed by atoms with Crippen LogP contribution < -0.4 is 5.32 Å². The van der Waals surface area contributed by atoms with Gasteiger partial charge in [0.15, 0.2) is 8.68 Å². The average molecular weight is 292 g/mol. The number of rotatable bonds is 8. The molecular formula is C11H21N3S3. The molecule has 0 aromatic carbocycles. The van der Waals surface area contributed by atoms with Crippen molar-refractivity contribution in [1.29, 1.82) is 0 Å². The fourth-order valence-electron chi connectivity index (χ4n) is 1.32. The first kappa shape index (κ1) is 15.3. The fraction of sp³-hybridized carbons (Fsp3) is 0.818. The van der Waals surface area contributed by atoms with Gasteiger partial charge < -0.3 is 5.32 Å². The van der Waals surface area contributed by atoms with E-state index in [2.05, 4.69) is 36.3 Å². The average Bonchev–Trinajstić information content (AvgIpc) is 2.76. The van der Waals surface area contributed by atoms with Gasteiger partial charge in [0, 0.05) is 11.8 Å². The molecule has 3 nitrogen and oxygen atoms in total. The van der Waals surface area contributed by atoms with Crippen LogP contribution >= 0.6 is 34.9 Å². The van der Waals surface area contributed by atoms with Gasteiger partial charge in [-0.05, 0) is 25.1 Å². The highest BCUT2D eigenvalue weighted by atomic mass is 32.2. The second-order valence-corrected chi connectivity index (χ2v) is 7.45. The van der Waals surface area contributed by atoms with Gasteiger partial charge in [-0.1, -0.05) is 55.6 Å². The molecule has 0 aliphatic carbocycles. The molecule has 0 amide bonds. The van der Waals surface area contributed by atoms with Crippen molar-refractivity contribution in [3.63, 3.8) is 0 Å². The Kier molecular flexibility index (Phi) is 7.50. The second-order valence-electron chi connectivity index (χ2n) is 4.15. The van der Waals surface area contributed by atoms with Gasteiger partial charge in [0.25, 0.3) is 0 Å². The highest BCUT2D eigenvalue weighted by Crippen LogP contribution is 2.28. The summed E-state index contributed by atoms with van der Waals surface area (Å²) in [6.45, 7) is 7.82. The van der Waals surface area contributed by atoms with Crippen LogP contribution in [0.25, 0.3) is 0 Å². The molecule has 0 aliphatic rings. The molecular weight excluding hydrogens is 270 g/mol. The number of nitrogens with one attached hydrogen (secondary N) is 1. The van der Waals surface area contributed by atoms with Crippen molar-refractivity contribution in [3.05, 3.63) is 0 Å². The number of hydrogen-bond donors (Lipinski definition) is 1. The van der Waals surface area contributed by atoms with Crippen LogP contribution in [-0.4, -0.2) is 34.8 Å². The maximum atomic E-state index is 4.18. The summed E-state index contributed by atoms with van der Waals surface area (Å²) in [6.07, 6.45) is 3.22. The van der Waals surface area contributed by atoms with E-state index < -0.39 is 0 Å². The van der Waals surface area contributed by atoms with Gasteiger partial charge in [0.1, 0.15) is 0 Å². The fourth-order valence-corrected chi connectivity index (χ4v) is 4.08. The maximum absolute atomic E-state index is 4.18. The molecule has 0 bridgehead atoms. The van der Waals surface area contributed by atoms with Gasteiger partial charge in [0.2, 0.25) is 0 Å². The zero-order valence-corrected chi connectivity index (χ0v) is 13.3. The summed E-state index contributed by atoms with van der Waals surface area (Å²) in [5, 5.41) is 11.9. The van der Waals surface area contributed by atoms with E-state index in [1.165, 1.54) is 6.42 Å². The van der Waals surface area contributed by atoms with Crippen molar-refractivity contribution in [2.24, 2.45) is 5.92 Å². The molecule has 17 heavy (non-hydrogen) atoms. The molecule has 0 aliphatic heterocycles. The van der Waals surface area contributed by atoms with Crippen LogP contribution in [0.1, 0.15) is 27.2 Å². The van der Waals surface area contributed by atoms with E-state index >= 15 is 0 Å². The Bertz CT molecular complexity index is 315. The SMILES string of the molecule is CCCNC(CSc1nnc(SC)s1)C(C)C. The van der Waals surface area contributed by atoms with Gasteiger partial charge >= 0.3 is 0 Å². The monoisotopic (exact) mass is 291 g/mol. The van der Waals surface area contributed by atoms with E-state index in [9.17, 15) is 0 Å². The maximum Gasteiger partial charge on any atom is 0.175 e. The van der Waals surface area contributed by atoms with Gasteiger partial charge in [-0.25, -0.2) is 0 Å². The summed E-state index contributed by atoms with van der Waals surface area (Å²) in [7, 11) is 0. The van der Waals surface area contributed by atoms with Crippen LogP contribution in [0.4, 0.5) is 0 Å². The minimum absolute atomic E-state index is 0.557. The summed E-state index contributed by atoms with van der Waals surface area (Å²) in [6, 6.07) is 0.557.